The minimum absolute atomic E-state index is 0.0599. The maximum Gasteiger partial charge on any atom is 0.329 e. The number of nitrogens with one attached hydrogen (secondary N) is 1. The Labute approximate surface area is 166 Å². The first-order chi connectivity index (χ1) is 13.7. The van der Waals surface area contributed by atoms with Gasteiger partial charge in [0.1, 0.15) is 6.54 Å². The van der Waals surface area contributed by atoms with Crippen LogP contribution in [0.3, 0.4) is 0 Å². The van der Waals surface area contributed by atoms with Crippen LogP contribution in [0.1, 0.15) is 45.4 Å². The molecule has 1 saturated heterocycles. The summed E-state index contributed by atoms with van der Waals surface area (Å²) in [4.78, 5) is 27.9. The van der Waals surface area contributed by atoms with Gasteiger partial charge in [-0.2, -0.15) is 0 Å². The lowest BCUT2D eigenvalue weighted by molar-refractivity contribution is -0.122. The standard InChI is InChI=1S/C22H32N4O2/c1-2-25-19-9-5-6-10-20(19)26(22(25)28)16-21(27)23-18-11-13-24(14-12-18)15-17-7-3-4-8-17/h5-6,9-10,17-18H,2-4,7-8,11-16H2,1H3,(H,23,27). The average Bonchev–Trinajstić information content (AvgIpc) is 3.30. The second kappa shape index (κ2) is 8.52. The molecule has 2 aromatic rings. The van der Waals surface area contributed by atoms with Crippen LogP contribution in [0.25, 0.3) is 11.0 Å². The van der Waals surface area contributed by atoms with Gasteiger partial charge in [-0.3, -0.25) is 13.9 Å². The van der Waals surface area contributed by atoms with E-state index in [2.05, 4.69) is 10.2 Å². The molecule has 0 atom stereocenters. The van der Waals surface area contributed by atoms with Crippen molar-refractivity contribution in [1.82, 2.24) is 19.4 Å². The quantitative estimate of drug-likeness (QED) is 0.833. The molecule has 28 heavy (non-hydrogen) atoms. The van der Waals surface area contributed by atoms with Crippen molar-refractivity contribution in [1.29, 1.82) is 0 Å². The predicted molar refractivity (Wildman–Crippen MR) is 111 cm³/mol. The Morgan fingerprint density at radius 1 is 1.04 bits per heavy atom. The molecule has 4 rings (SSSR count). The molecule has 1 aliphatic heterocycles. The number of fused-ring (bicyclic) bond motifs is 1. The number of aromatic nitrogens is 2. The van der Waals surface area contributed by atoms with Crippen molar-refractivity contribution >= 4 is 16.9 Å². The summed E-state index contributed by atoms with van der Waals surface area (Å²) in [5.41, 5.74) is 1.61. The highest BCUT2D eigenvalue weighted by Gasteiger charge is 2.24. The monoisotopic (exact) mass is 384 g/mol. The summed E-state index contributed by atoms with van der Waals surface area (Å²) in [6, 6.07) is 7.92. The third-order valence-electron chi connectivity index (χ3n) is 6.49. The first-order valence-corrected chi connectivity index (χ1v) is 10.9. The van der Waals surface area contributed by atoms with Crippen LogP contribution < -0.4 is 11.0 Å². The van der Waals surface area contributed by atoms with Crippen molar-refractivity contribution in [3.05, 3.63) is 34.7 Å². The summed E-state index contributed by atoms with van der Waals surface area (Å²) in [7, 11) is 0. The van der Waals surface area contributed by atoms with E-state index in [4.69, 9.17) is 0 Å². The minimum atomic E-state index is -0.106. The van der Waals surface area contributed by atoms with Crippen molar-refractivity contribution in [3.8, 4) is 0 Å². The van der Waals surface area contributed by atoms with Crippen LogP contribution in [0.4, 0.5) is 0 Å². The molecule has 0 unspecified atom stereocenters. The molecule has 1 aromatic heterocycles. The van der Waals surface area contributed by atoms with Crippen LogP contribution in [0.2, 0.25) is 0 Å². The molecule has 6 nitrogen and oxygen atoms in total. The molecule has 0 radical (unpaired) electrons. The summed E-state index contributed by atoms with van der Waals surface area (Å²) in [6.45, 7) is 6.01. The van der Waals surface area contributed by atoms with Crippen molar-refractivity contribution < 1.29 is 4.79 Å². The Hall–Kier alpha value is -2.08. The van der Waals surface area contributed by atoms with Gasteiger partial charge in [0, 0.05) is 32.2 Å². The molecule has 0 spiro atoms. The number of imidazole rings is 1. The lowest BCUT2D eigenvalue weighted by atomic mass is 10.0. The van der Waals surface area contributed by atoms with Crippen molar-refractivity contribution in [3.63, 3.8) is 0 Å². The highest BCUT2D eigenvalue weighted by molar-refractivity contribution is 5.81. The molecule has 2 heterocycles. The molecule has 1 N–H and O–H groups in total. The normalized spacial score (nSPS) is 19.5. The number of benzene rings is 1. The van der Waals surface area contributed by atoms with E-state index in [1.807, 2.05) is 31.2 Å². The van der Waals surface area contributed by atoms with Gasteiger partial charge in [0.05, 0.1) is 11.0 Å². The van der Waals surface area contributed by atoms with E-state index < -0.39 is 0 Å². The van der Waals surface area contributed by atoms with Crippen LogP contribution in [0.15, 0.2) is 29.1 Å². The Balaban J connectivity index is 1.34. The van der Waals surface area contributed by atoms with Gasteiger partial charge in [0.15, 0.2) is 0 Å². The Bertz CT molecular complexity index is 870. The Morgan fingerprint density at radius 2 is 1.68 bits per heavy atom. The molecular formula is C22H32N4O2. The van der Waals surface area contributed by atoms with Gasteiger partial charge in [0.25, 0.3) is 0 Å². The number of carbonyl (C=O) groups excluding carboxylic acids is 1. The lowest BCUT2D eigenvalue weighted by Crippen LogP contribution is -2.46. The average molecular weight is 385 g/mol. The minimum Gasteiger partial charge on any atom is -0.352 e. The second-order valence-corrected chi connectivity index (χ2v) is 8.39. The van der Waals surface area contributed by atoms with E-state index in [-0.39, 0.29) is 24.2 Å². The van der Waals surface area contributed by atoms with Crippen LogP contribution in [0, 0.1) is 5.92 Å². The second-order valence-electron chi connectivity index (χ2n) is 8.39. The topological polar surface area (TPSA) is 59.3 Å². The van der Waals surface area contributed by atoms with Crippen LogP contribution in [-0.2, 0) is 17.9 Å². The molecule has 1 aromatic carbocycles. The molecule has 1 saturated carbocycles. The fraction of sp³-hybridized carbons (Fsp3) is 0.636. The first-order valence-electron chi connectivity index (χ1n) is 10.9. The predicted octanol–water partition coefficient (Wildman–Crippen LogP) is 2.59. The number of piperidine rings is 1. The van der Waals surface area contributed by atoms with Crippen LogP contribution >= 0.6 is 0 Å². The maximum absolute atomic E-state index is 12.7. The number of nitrogens with zero attached hydrogens (tertiary/aromatic N) is 3. The van der Waals surface area contributed by atoms with E-state index in [9.17, 15) is 9.59 Å². The summed E-state index contributed by atoms with van der Waals surface area (Å²) in [5.74, 6) is 0.823. The lowest BCUT2D eigenvalue weighted by Gasteiger charge is -2.33. The van der Waals surface area contributed by atoms with E-state index in [0.29, 0.717) is 6.54 Å². The highest BCUT2D eigenvalue weighted by Crippen LogP contribution is 2.26. The van der Waals surface area contributed by atoms with Crippen molar-refractivity contribution in [2.24, 2.45) is 5.92 Å². The fourth-order valence-electron chi connectivity index (χ4n) is 4.97. The fourth-order valence-corrected chi connectivity index (χ4v) is 4.97. The van der Waals surface area contributed by atoms with Gasteiger partial charge >= 0.3 is 5.69 Å². The molecule has 1 aliphatic carbocycles. The number of para-hydroxylation sites is 2. The number of rotatable bonds is 6. The van der Waals surface area contributed by atoms with Gasteiger partial charge in [-0.25, -0.2) is 4.79 Å². The third-order valence-corrected chi connectivity index (χ3v) is 6.49. The third kappa shape index (κ3) is 4.02. The summed E-state index contributed by atoms with van der Waals surface area (Å²) in [5, 5.41) is 3.17. The highest BCUT2D eigenvalue weighted by atomic mass is 16.2. The van der Waals surface area contributed by atoms with E-state index in [1.54, 1.807) is 9.13 Å². The van der Waals surface area contributed by atoms with Crippen LogP contribution in [-0.4, -0.2) is 45.6 Å². The van der Waals surface area contributed by atoms with E-state index >= 15 is 0 Å². The maximum atomic E-state index is 12.7. The molecule has 2 aliphatic rings. The van der Waals surface area contributed by atoms with Gasteiger partial charge in [-0.05, 0) is 50.7 Å². The number of carbonyl (C=O) groups is 1. The molecule has 2 fully saturated rings. The van der Waals surface area contributed by atoms with Crippen LogP contribution in [0.5, 0.6) is 0 Å². The Morgan fingerprint density at radius 3 is 2.32 bits per heavy atom. The molecule has 0 bridgehead atoms. The largest absolute Gasteiger partial charge is 0.352 e. The van der Waals surface area contributed by atoms with E-state index in [0.717, 1.165) is 42.9 Å². The molecule has 6 heteroatoms. The Kier molecular flexibility index (Phi) is 5.85. The zero-order chi connectivity index (χ0) is 19.5. The summed E-state index contributed by atoms with van der Waals surface area (Å²) in [6.07, 6.45) is 7.57. The van der Waals surface area contributed by atoms with E-state index in [1.165, 1.54) is 32.2 Å². The first kappa shape index (κ1) is 19.2. The molecular weight excluding hydrogens is 352 g/mol. The zero-order valence-corrected chi connectivity index (χ0v) is 16.9. The number of hydrogen-bond acceptors (Lipinski definition) is 3. The SMILES string of the molecule is CCn1c(=O)n(CC(=O)NC2CCN(CC3CCCC3)CC2)c2ccccc21. The zero-order valence-electron chi connectivity index (χ0n) is 16.9. The summed E-state index contributed by atoms with van der Waals surface area (Å²) < 4.78 is 3.33. The number of hydrogen-bond donors (Lipinski definition) is 1. The molecule has 1 amide bonds. The number of aryl methyl sites for hydroxylation is 1. The smallest absolute Gasteiger partial charge is 0.329 e. The van der Waals surface area contributed by atoms with Crippen molar-refractivity contribution in [2.75, 3.05) is 19.6 Å². The number of likely N-dealkylation sites (tertiary alicyclic amines) is 1. The van der Waals surface area contributed by atoms with Gasteiger partial charge in [0.2, 0.25) is 5.91 Å². The van der Waals surface area contributed by atoms with Gasteiger partial charge in [-0.15, -0.1) is 0 Å². The summed E-state index contributed by atoms with van der Waals surface area (Å²) >= 11 is 0. The van der Waals surface area contributed by atoms with Gasteiger partial charge in [-0.1, -0.05) is 25.0 Å². The molecule has 152 valence electrons. The number of amides is 1. The van der Waals surface area contributed by atoms with Gasteiger partial charge < -0.3 is 10.2 Å². The van der Waals surface area contributed by atoms with Crippen molar-refractivity contribution in [2.45, 2.75) is 64.6 Å².